The molecule has 7 nitrogen and oxygen atoms in total. The molecule has 3 heterocycles. The van der Waals surface area contributed by atoms with E-state index < -0.39 is 5.91 Å². The van der Waals surface area contributed by atoms with Crippen LogP contribution in [0.25, 0.3) is 10.2 Å². The van der Waals surface area contributed by atoms with Crippen LogP contribution in [-0.4, -0.2) is 35.1 Å². The number of piperidine rings is 1. The van der Waals surface area contributed by atoms with Crippen molar-refractivity contribution in [3.05, 3.63) is 40.8 Å². The predicted molar refractivity (Wildman–Crippen MR) is 107 cm³/mol. The molecule has 146 valence electrons. The van der Waals surface area contributed by atoms with E-state index >= 15 is 0 Å². The van der Waals surface area contributed by atoms with Crippen LogP contribution in [0, 0.1) is 12.7 Å². The zero-order valence-electron chi connectivity index (χ0n) is 15.3. The van der Waals surface area contributed by atoms with Crippen molar-refractivity contribution in [3.8, 4) is 5.75 Å². The van der Waals surface area contributed by atoms with E-state index in [1.807, 2.05) is 6.92 Å². The van der Waals surface area contributed by atoms with Gasteiger partial charge in [0.15, 0.2) is 0 Å². The summed E-state index contributed by atoms with van der Waals surface area (Å²) in [5, 5.41) is 7.22. The number of hydrogen-bond donors (Lipinski definition) is 3. The second-order valence-corrected chi connectivity index (χ2v) is 7.67. The molecule has 2 aromatic heterocycles. The summed E-state index contributed by atoms with van der Waals surface area (Å²) in [4.78, 5) is 21.3. The topological polar surface area (TPSA) is 102 Å². The van der Waals surface area contributed by atoms with Gasteiger partial charge in [-0.25, -0.2) is 14.4 Å². The molecule has 0 spiro atoms. The van der Waals surface area contributed by atoms with Gasteiger partial charge in [-0.05, 0) is 44.0 Å². The number of amides is 1. The van der Waals surface area contributed by atoms with Gasteiger partial charge in [0.2, 0.25) is 0 Å². The van der Waals surface area contributed by atoms with E-state index in [-0.39, 0.29) is 11.9 Å². The highest BCUT2D eigenvalue weighted by Gasteiger charge is 2.20. The van der Waals surface area contributed by atoms with Crippen molar-refractivity contribution in [3.63, 3.8) is 0 Å². The number of nitrogens with zero attached hydrogens (tertiary/aromatic N) is 2. The van der Waals surface area contributed by atoms with Crippen molar-refractivity contribution < 1.29 is 13.9 Å². The number of benzene rings is 1. The first-order chi connectivity index (χ1) is 13.5. The minimum Gasteiger partial charge on any atom is -0.487 e. The predicted octanol–water partition coefficient (Wildman–Crippen LogP) is 3.11. The number of nitrogens with two attached hydrogens (primary N) is 1. The van der Waals surface area contributed by atoms with E-state index in [1.54, 1.807) is 6.07 Å². The summed E-state index contributed by atoms with van der Waals surface area (Å²) >= 11 is 1.23. The molecular formula is C19H20FN5O2S. The van der Waals surface area contributed by atoms with Gasteiger partial charge in [-0.1, -0.05) is 0 Å². The van der Waals surface area contributed by atoms with Gasteiger partial charge < -0.3 is 21.1 Å². The molecule has 1 aliphatic rings. The van der Waals surface area contributed by atoms with Crippen LogP contribution in [0.3, 0.4) is 0 Å². The van der Waals surface area contributed by atoms with Gasteiger partial charge in [0.05, 0.1) is 16.0 Å². The lowest BCUT2D eigenvalue weighted by Gasteiger charge is -2.25. The number of anilines is 2. The van der Waals surface area contributed by atoms with Crippen molar-refractivity contribution in [2.24, 2.45) is 5.73 Å². The van der Waals surface area contributed by atoms with Crippen LogP contribution in [0.1, 0.15) is 28.1 Å². The van der Waals surface area contributed by atoms with E-state index in [4.69, 9.17) is 10.5 Å². The zero-order chi connectivity index (χ0) is 19.7. The molecule has 0 saturated carbocycles. The Morgan fingerprint density at radius 1 is 1.43 bits per heavy atom. The van der Waals surface area contributed by atoms with Gasteiger partial charge in [0.1, 0.15) is 34.6 Å². The first-order valence-corrected chi connectivity index (χ1v) is 9.82. The standard InChI is InChI=1S/C19H20FN5O2S/c1-10-15-18(23-9-24-19(15)28-16(10)17(21)26)25-13-5-4-11(20)7-14(13)27-12-3-2-6-22-8-12/h4-5,7,9,12,22H,2-3,6,8H2,1H3,(H2,21,26)(H,23,24,25). The number of carbonyl (C=O) groups is 1. The molecule has 0 bridgehead atoms. The monoisotopic (exact) mass is 401 g/mol. The van der Waals surface area contributed by atoms with Gasteiger partial charge in [-0.2, -0.15) is 0 Å². The summed E-state index contributed by atoms with van der Waals surface area (Å²) < 4.78 is 19.9. The molecule has 1 aliphatic heterocycles. The van der Waals surface area contributed by atoms with E-state index in [0.29, 0.717) is 27.0 Å². The van der Waals surface area contributed by atoms with Gasteiger partial charge >= 0.3 is 0 Å². The molecular weight excluding hydrogens is 381 g/mol. The minimum atomic E-state index is -0.498. The lowest BCUT2D eigenvalue weighted by Crippen LogP contribution is -2.37. The third-order valence-corrected chi connectivity index (χ3v) is 5.91. The summed E-state index contributed by atoms with van der Waals surface area (Å²) in [5.41, 5.74) is 6.78. The largest absolute Gasteiger partial charge is 0.487 e. The van der Waals surface area contributed by atoms with Crippen LogP contribution in [0.2, 0.25) is 0 Å². The summed E-state index contributed by atoms with van der Waals surface area (Å²) in [5.74, 6) is 0.0647. The van der Waals surface area contributed by atoms with Crippen LogP contribution in [-0.2, 0) is 0 Å². The Hall–Kier alpha value is -2.78. The molecule has 0 aliphatic carbocycles. The number of nitrogens with one attached hydrogen (secondary N) is 2. The Morgan fingerprint density at radius 2 is 2.29 bits per heavy atom. The molecule has 1 atom stereocenters. The molecule has 1 aromatic carbocycles. The summed E-state index contributed by atoms with van der Waals surface area (Å²) in [6.07, 6.45) is 3.32. The summed E-state index contributed by atoms with van der Waals surface area (Å²) in [6.45, 7) is 3.50. The number of ether oxygens (including phenoxy) is 1. The molecule has 0 radical (unpaired) electrons. The van der Waals surface area contributed by atoms with Crippen molar-refractivity contribution in [1.29, 1.82) is 0 Å². The number of halogens is 1. The first-order valence-electron chi connectivity index (χ1n) is 9.01. The highest BCUT2D eigenvalue weighted by molar-refractivity contribution is 7.20. The highest BCUT2D eigenvalue weighted by Crippen LogP contribution is 2.36. The Bertz CT molecular complexity index is 1030. The molecule has 1 saturated heterocycles. The van der Waals surface area contributed by atoms with Gasteiger partial charge in [0, 0.05) is 12.6 Å². The molecule has 4 rings (SSSR count). The van der Waals surface area contributed by atoms with Crippen LogP contribution >= 0.6 is 11.3 Å². The number of hydrogen-bond acceptors (Lipinski definition) is 7. The Balaban J connectivity index is 1.70. The Labute approximate surface area is 165 Å². The molecule has 9 heteroatoms. The quantitative estimate of drug-likeness (QED) is 0.607. The molecule has 4 N–H and O–H groups in total. The lowest BCUT2D eigenvalue weighted by molar-refractivity contribution is 0.100. The fraction of sp³-hybridized carbons (Fsp3) is 0.316. The Kier molecular flexibility index (Phi) is 5.10. The number of aromatic nitrogens is 2. The number of fused-ring (bicyclic) bond motifs is 1. The van der Waals surface area contributed by atoms with Gasteiger partial charge in [-0.3, -0.25) is 4.79 Å². The summed E-state index contributed by atoms with van der Waals surface area (Å²) in [6, 6.07) is 4.35. The second kappa shape index (κ2) is 7.69. The lowest BCUT2D eigenvalue weighted by atomic mass is 10.1. The van der Waals surface area contributed by atoms with Crippen LogP contribution < -0.4 is 21.1 Å². The number of thiophene rings is 1. The maximum Gasteiger partial charge on any atom is 0.259 e. The fourth-order valence-corrected chi connectivity index (χ4v) is 4.33. The average Bonchev–Trinajstić information content (AvgIpc) is 3.03. The van der Waals surface area contributed by atoms with Crippen molar-refractivity contribution in [2.75, 3.05) is 18.4 Å². The third kappa shape index (κ3) is 3.63. The number of carbonyl (C=O) groups excluding carboxylic acids is 1. The highest BCUT2D eigenvalue weighted by atomic mass is 32.1. The van der Waals surface area contributed by atoms with Crippen LogP contribution in [0.4, 0.5) is 15.9 Å². The van der Waals surface area contributed by atoms with E-state index in [2.05, 4.69) is 20.6 Å². The van der Waals surface area contributed by atoms with Crippen molar-refractivity contribution in [1.82, 2.24) is 15.3 Å². The van der Waals surface area contributed by atoms with E-state index in [1.165, 1.54) is 29.8 Å². The SMILES string of the molecule is Cc1c(C(N)=O)sc2ncnc(Nc3ccc(F)cc3OC3CCCNC3)c12. The van der Waals surface area contributed by atoms with Crippen molar-refractivity contribution in [2.45, 2.75) is 25.9 Å². The van der Waals surface area contributed by atoms with Gasteiger partial charge in [-0.15, -0.1) is 11.3 Å². The van der Waals surface area contributed by atoms with E-state index in [0.717, 1.165) is 36.9 Å². The zero-order valence-corrected chi connectivity index (χ0v) is 16.1. The smallest absolute Gasteiger partial charge is 0.259 e. The third-order valence-electron chi connectivity index (χ3n) is 4.69. The average molecular weight is 401 g/mol. The first kappa shape index (κ1) is 18.6. The minimum absolute atomic E-state index is 0.0223. The number of rotatable bonds is 5. The van der Waals surface area contributed by atoms with Crippen molar-refractivity contribution >= 4 is 39.0 Å². The molecule has 3 aromatic rings. The normalized spacial score (nSPS) is 16.9. The fourth-order valence-electron chi connectivity index (χ4n) is 3.33. The number of primary amides is 1. The molecule has 28 heavy (non-hydrogen) atoms. The second-order valence-electron chi connectivity index (χ2n) is 6.67. The maximum atomic E-state index is 13.9. The molecule has 1 unspecified atom stereocenters. The molecule has 1 fully saturated rings. The maximum absolute atomic E-state index is 13.9. The van der Waals surface area contributed by atoms with Gasteiger partial charge in [0.25, 0.3) is 5.91 Å². The Morgan fingerprint density at radius 3 is 3.04 bits per heavy atom. The summed E-state index contributed by atoms with van der Waals surface area (Å²) in [7, 11) is 0. The van der Waals surface area contributed by atoms with Crippen LogP contribution in [0.15, 0.2) is 24.5 Å². The van der Waals surface area contributed by atoms with E-state index in [9.17, 15) is 9.18 Å². The van der Waals surface area contributed by atoms with Crippen LogP contribution in [0.5, 0.6) is 5.75 Å². The number of aryl methyl sites for hydroxylation is 1. The molecule has 1 amide bonds.